The van der Waals surface area contributed by atoms with Gasteiger partial charge in [-0.15, -0.1) is 0 Å². The number of benzene rings is 1. The molecule has 1 N–H and O–H groups in total. The van der Waals surface area contributed by atoms with Crippen LogP contribution in [-0.4, -0.2) is 19.1 Å². The van der Waals surface area contributed by atoms with E-state index >= 15 is 0 Å². The molecule has 1 heterocycles. The summed E-state index contributed by atoms with van der Waals surface area (Å²) in [5.41, 5.74) is 0.600. The van der Waals surface area contributed by atoms with Crippen molar-refractivity contribution in [3.05, 3.63) is 23.8 Å². The molecule has 0 saturated heterocycles. The maximum absolute atomic E-state index is 11.8. The summed E-state index contributed by atoms with van der Waals surface area (Å²) in [5.74, 6) is 1.59. The van der Waals surface area contributed by atoms with Crippen LogP contribution < -0.4 is 14.8 Å². The second-order valence-corrected chi connectivity index (χ2v) is 5.28. The zero-order valence-corrected chi connectivity index (χ0v) is 11.8. The van der Waals surface area contributed by atoms with Crippen LogP contribution in [0.15, 0.2) is 18.2 Å². The fraction of sp³-hybridized carbons (Fsp3) is 0.533. The third-order valence-corrected chi connectivity index (χ3v) is 3.19. The van der Waals surface area contributed by atoms with Gasteiger partial charge in [-0.05, 0) is 38.0 Å². The van der Waals surface area contributed by atoms with Crippen molar-refractivity contribution < 1.29 is 14.3 Å². The number of carbonyl (C=O) groups is 1. The molecule has 0 spiro atoms. The third kappa shape index (κ3) is 3.19. The molecule has 104 valence electrons. The van der Waals surface area contributed by atoms with Gasteiger partial charge in [0.2, 0.25) is 5.91 Å². The van der Waals surface area contributed by atoms with Crippen LogP contribution in [0.3, 0.4) is 0 Å². The molecule has 0 atom stereocenters. The van der Waals surface area contributed by atoms with Gasteiger partial charge in [-0.3, -0.25) is 4.79 Å². The minimum absolute atomic E-state index is 0.0717. The Morgan fingerprint density at radius 2 is 1.95 bits per heavy atom. The van der Waals surface area contributed by atoms with Crippen molar-refractivity contribution >= 4 is 5.91 Å². The van der Waals surface area contributed by atoms with Crippen molar-refractivity contribution in [3.63, 3.8) is 0 Å². The van der Waals surface area contributed by atoms with Crippen LogP contribution in [0.2, 0.25) is 0 Å². The molecular weight excluding hydrogens is 242 g/mol. The van der Waals surface area contributed by atoms with Gasteiger partial charge < -0.3 is 14.8 Å². The zero-order valence-electron chi connectivity index (χ0n) is 11.8. The van der Waals surface area contributed by atoms with E-state index in [1.807, 2.05) is 39.0 Å². The number of nitrogens with one attached hydrogen (secondary N) is 1. The van der Waals surface area contributed by atoms with Crippen LogP contribution in [0.25, 0.3) is 0 Å². The Hall–Kier alpha value is -1.71. The van der Waals surface area contributed by atoms with Crippen molar-refractivity contribution in [2.45, 2.75) is 39.2 Å². The summed E-state index contributed by atoms with van der Waals surface area (Å²) in [6, 6.07) is 5.82. The number of hydrogen-bond acceptors (Lipinski definition) is 3. The van der Waals surface area contributed by atoms with Gasteiger partial charge in [-0.1, -0.05) is 13.0 Å². The highest BCUT2D eigenvalue weighted by Gasteiger charge is 2.24. The highest BCUT2D eigenvalue weighted by atomic mass is 16.6. The van der Waals surface area contributed by atoms with Gasteiger partial charge >= 0.3 is 0 Å². The quantitative estimate of drug-likeness (QED) is 0.908. The number of hydrogen-bond donors (Lipinski definition) is 1. The molecule has 0 aromatic heterocycles. The van der Waals surface area contributed by atoms with Crippen LogP contribution in [0.1, 0.15) is 39.2 Å². The van der Waals surface area contributed by atoms with Gasteiger partial charge in [-0.2, -0.15) is 0 Å². The minimum Gasteiger partial charge on any atom is -0.486 e. The molecule has 0 saturated carbocycles. The minimum atomic E-state index is -0.415. The van der Waals surface area contributed by atoms with E-state index in [0.717, 1.165) is 23.5 Å². The Morgan fingerprint density at radius 1 is 1.26 bits per heavy atom. The highest BCUT2D eigenvalue weighted by molar-refractivity contribution is 5.76. The van der Waals surface area contributed by atoms with Gasteiger partial charge in [0.15, 0.2) is 11.5 Å². The SMILES string of the molecule is CCCC(=O)NC(C)(C)c1ccc2c(c1)OCCO2. The summed E-state index contributed by atoms with van der Waals surface area (Å²) in [6.45, 7) is 7.14. The molecule has 0 aliphatic carbocycles. The van der Waals surface area contributed by atoms with Crippen molar-refractivity contribution in [1.29, 1.82) is 0 Å². The molecule has 4 heteroatoms. The van der Waals surface area contributed by atoms with Gasteiger partial charge in [0.1, 0.15) is 13.2 Å². The van der Waals surface area contributed by atoms with Crippen molar-refractivity contribution in [2.75, 3.05) is 13.2 Å². The van der Waals surface area contributed by atoms with E-state index in [0.29, 0.717) is 19.6 Å². The lowest BCUT2D eigenvalue weighted by atomic mass is 9.93. The summed E-state index contributed by atoms with van der Waals surface area (Å²) in [4.78, 5) is 11.8. The first kappa shape index (κ1) is 13.7. The van der Waals surface area contributed by atoms with E-state index in [2.05, 4.69) is 5.32 Å². The Balaban J connectivity index is 2.17. The number of ether oxygens (including phenoxy) is 2. The Morgan fingerprint density at radius 3 is 2.63 bits per heavy atom. The van der Waals surface area contributed by atoms with E-state index < -0.39 is 5.54 Å². The molecule has 19 heavy (non-hydrogen) atoms. The van der Waals surface area contributed by atoms with E-state index in [4.69, 9.17) is 9.47 Å². The number of fused-ring (bicyclic) bond motifs is 1. The predicted octanol–water partition coefficient (Wildman–Crippen LogP) is 2.61. The van der Waals surface area contributed by atoms with Crippen LogP contribution in [0.4, 0.5) is 0 Å². The highest BCUT2D eigenvalue weighted by Crippen LogP contribution is 2.34. The Labute approximate surface area is 114 Å². The lowest BCUT2D eigenvalue weighted by Gasteiger charge is -2.28. The second-order valence-electron chi connectivity index (χ2n) is 5.28. The monoisotopic (exact) mass is 263 g/mol. The van der Waals surface area contributed by atoms with E-state index in [1.165, 1.54) is 0 Å². The lowest BCUT2D eigenvalue weighted by Crippen LogP contribution is -2.40. The third-order valence-electron chi connectivity index (χ3n) is 3.19. The van der Waals surface area contributed by atoms with Crippen LogP contribution in [0, 0.1) is 0 Å². The van der Waals surface area contributed by atoms with E-state index in [9.17, 15) is 4.79 Å². The van der Waals surface area contributed by atoms with Crippen molar-refractivity contribution in [3.8, 4) is 11.5 Å². The lowest BCUT2D eigenvalue weighted by molar-refractivity contribution is -0.122. The number of rotatable bonds is 4. The summed E-state index contributed by atoms with van der Waals surface area (Å²) >= 11 is 0. The van der Waals surface area contributed by atoms with Crippen molar-refractivity contribution in [2.24, 2.45) is 0 Å². The molecule has 0 fully saturated rings. The first-order valence-electron chi connectivity index (χ1n) is 6.74. The summed E-state index contributed by atoms with van der Waals surface area (Å²) in [5, 5.41) is 3.04. The molecule has 2 rings (SSSR count). The summed E-state index contributed by atoms with van der Waals surface area (Å²) in [6.07, 6.45) is 1.40. The largest absolute Gasteiger partial charge is 0.486 e. The molecule has 1 aliphatic rings. The molecule has 1 aromatic carbocycles. The van der Waals surface area contributed by atoms with Crippen LogP contribution >= 0.6 is 0 Å². The van der Waals surface area contributed by atoms with E-state index in [1.54, 1.807) is 0 Å². The molecule has 1 amide bonds. The first-order valence-corrected chi connectivity index (χ1v) is 6.74. The molecule has 0 radical (unpaired) electrons. The molecule has 0 unspecified atom stereocenters. The normalized spacial score (nSPS) is 14.1. The average Bonchev–Trinajstić information content (AvgIpc) is 2.37. The molecule has 0 bridgehead atoms. The predicted molar refractivity (Wildman–Crippen MR) is 73.5 cm³/mol. The maximum Gasteiger partial charge on any atom is 0.220 e. The fourth-order valence-corrected chi connectivity index (χ4v) is 2.14. The van der Waals surface area contributed by atoms with Gasteiger partial charge in [-0.25, -0.2) is 0 Å². The van der Waals surface area contributed by atoms with Gasteiger partial charge in [0.05, 0.1) is 5.54 Å². The first-order chi connectivity index (χ1) is 9.03. The average molecular weight is 263 g/mol. The fourth-order valence-electron chi connectivity index (χ4n) is 2.14. The zero-order chi connectivity index (χ0) is 13.9. The second kappa shape index (κ2) is 5.51. The summed E-state index contributed by atoms with van der Waals surface area (Å²) in [7, 11) is 0. The standard InChI is InChI=1S/C15H21NO3/c1-4-5-14(17)16-15(2,3)11-6-7-12-13(10-11)19-9-8-18-12/h6-7,10H,4-5,8-9H2,1-3H3,(H,16,17). The molecule has 4 nitrogen and oxygen atoms in total. The van der Waals surface area contributed by atoms with Crippen molar-refractivity contribution in [1.82, 2.24) is 5.32 Å². The molecule has 1 aromatic rings. The molecular formula is C15H21NO3. The smallest absolute Gasteiger partial charge is 0.220 e. The Bertz CT molecular complexity index is 468. The number of carbonyl (C=O) groups excluding carboxylic acids is 1. The summed E-state index contributed by atoms with van der Waals surface area (Å²) < 4.78 is 11.1. The van der Waals surface area contributed by atoms with Crippen LogP contribution in [0.5, 0.6) is 11.5 Å². The van der Waals surface area contributed by atoms with Gasteiger partial charge in [0.25, 0.3) is 0 Å². The Kier molecular flexibility index (Phi) is 3.98. The molecule has 1 aliphatic heterocycles. The maximum atomic E-state index is 11.8. The van der Waals surface area contributed by atoms with Gasteiger partial charge in [0, 0.05) is 6.42 Å². The van der Waals surface area contributed by atoms with Crippen LogP contribution in [-0.2, 0) is 10.3 Å². The van der Waals surface area contributed by atoms with E-state index in [-0.39, 0.29) is 5.91 Å². The number of amides is 1. The topological polar surface area (TPSA) is 47.6 Å².